The number of H-pyrrole nitrogens is 1. The number of aryl methyl sites for hydroxylation is 1. The molecule has 164 valence electrons. The van der Waals surface area contributed by atoms with Crippen LogP contribution in [0.15, 0.2) is 36.4 Å². The minimum atomic E-state index is -0.231. The molecule has 0 bridgehead atoms. The SMILES string of the molecule is COc1cc(C2CC(=O)Nc3c2c(C)nn3-c2nc3ccccc3[nH]2)cc(OC)c1OC. The molecule has 1 aliphatic heterocycles. The Morgan fingerprint density at radius 1 is 1.06 bits per heavy atom. The monoisotopic (exact) mass is 433 g/mol. The van der Waals surface area contributed by atoms with E-state index in [1.807, 2.05) is 43.3 Å². The van der Waals surface area contributed by atoms with Crippen LogP contribution in [0, 0.1) is 6.92 Å². The van der Waals surface area contributed by atoms with Crippen LogP contribution in [0.25, 0.3) is 17.0 Å². The average Bonchev–Trinajstić information content (AvgIpc) is 3.38. The highest BCUT2D eigenvalue weighted by Crippen LogP contribution is 2.45. The molecular weight excluding hydrogens is 410 g/mol. The lowest BCUT2D eigenvalue weighted by Crippen LogP contribution is -2.25. The van der Waals surface area contributed by atoms with Crippen molar-refractivity contribution in [2.24, 2.45) is 0 Å². The number of hydrogen-bond acceptors (Lipinski definition) is 6. The Morgan fingerprint density at radius 2 is 1.78 bits per heavy atom. The number of aromatic amines is 1. The number of benzene rings is 2. The van der Waals surface area contributed by atoms with E-state index in [1.165, 1.54) is 0 Å². The van der Waals surface area contributed by atoms with E-state index in [0.29, 0.717) is 29.0 Å². The third kappa shape index (κ3) is 3.05. The summed E-state index contributed by atoms with van der Waals surface area (Å²) in [5.41, 5.74) is 4.34. The molecule has 9 nitrogen and oxygen atoms in total. The molecule has 0 saturated heterocycles. The number of aromatic nitrogens is 4. The maximum Gasteiger partial charge on any atom is 0.231 e. The topological polar surface area (TPSA) is 103 Å². The van der Waals surface area contributed by atoms with Gasteiger partial charge in [0.2, 0.25) is 17.6 Å². The molecule has 0 spiro atoms. The molecule has 2 N–H and O–H groups in total. The van der Waals surface area contributed by atoms with Crippen LogP contribution < -0.4 is 19.5 Å². The van der Waals surface area contributed by atoms with Crippen LogP contribution in [0.5, 0.6) is 17.2 Å². The summed E-state index contributed by atoms with van der Waals surface area (Å²) in [4.78, 5) is 20.7. The van der Waals surface area contributed by atoms with E-state index < -0.39 is 0 Å². The minimum absolute atomic E-state index is 0.103. The molecule has 1 amide bonds. The number of fused-ring (bicyclic) bond motifs is 2. The maximum atomic E-state index is 12.7. The quantitative estimate of drug-likeness (QED) is 0.499. The van der Waals surface area contributed by atoms with Crippen molar-refractivity contribution in [1.82, 2.24) is 19.7 Å². The molecule has 1 aliphatic rings. The summed E-state index contributed by atoms with van der Waals surface area (Å²) in [5.74, 6) is 2.40. The fraction of sp³-hybridized carbons (Fsp3) is 0.261. The van der Waals surface area contributed by atoms with E-state index in [4.69, 9.17) is 19.3 Å². The Hall–Kier alpha value is -4.01. The van der Waals surface area contributed by atoms with Gasteiger partial charge in [0.15, 0.2) is 11.5 Å². The van der Waals surface area contributed by atoms with Gasteiger partial charge in [-0.2, -0.15) is 9.78 Å². The molecule has 1 unspecified atom stereocenters. The summed E-state index contributed by atoms with van der Waals surface area (Å²) in [6.07, 6.45) is 0.276. The zero-order valence-corrected chi connectivity index (χ0v) is 18.2. The van der Waals surface area contributed by atoms with E-state index in [0.717, 1.165) is 27.9 Å². The van der Waals surface area contributed by atoms with Gasteiger partial charge in [0.1, 0.15) is 5.82 Å². The molecule has 2 aromatic carbocycles. The lowest BCUT2D eigenvalue weighted by Gasteiger charge is -2.25. The number of rotatable bonds is 5. The second-order valence-corrected chi connectivity index (χ2v) is 7.60. The smallest absolute Gasteiger partial charge is 0.231 e. The van der Waals surface area contributed by atoms with Gasteiger partial charge in [0.05, 0.1) is 38.1 Å². The predicted molar refractivity (Wildman–Crippen MR) is 119 cm³/mol. The first-order valence-corrected chi connectivity index (χ1v) is 10.2. The van der Waals surface area contributed by atoms with Crippen LogP contribution >= 0.6 is 0 Å². The van der Waals surface area contributed by atoms with Crippen LogP contribution in [0.1, 0.15) is 29.2 Å². The third-order valence-electron chi connectivity index (χ3n) is 5.77. The largest absolute Gasteiger partial charge is 0.493 e. The number of nitrogens with one attached hydrogen (secondary N) is 2. The summed E-state index contributed by atoms with van der Waals surface area (Å²) in [6, 6.07) is 11.5. The van der Waals surface area contributed by atoms with Gasteiger partial charge >= 0.3 is 0 Å². The van der Waals surface area contributed by atoms with Gasteiger partial charge in [-0.1, -0.05) is 12.1 Å². The van der Waals surface area contributed by atoms with E-state index in [1.54, 1.807) is 26.0 Å². The molecule has 0 saturated carbocycles. The van der Waals surface area contributed by atoms with Crippen molar-refractivity contribution >= 4 is 22.8 Å². The molecule has 2 aromatic heterocycles. The first-order valence-electron chi connectivity index (χ1n) is 10.2. The van der Waals surface area contributed by atoms with Gasteiger partial charge < -0.3 is 24.5 Å². The summed E-state index contributed by atoms with van der Waals surface area (Å²) < 4.78 is 18.2. The minimum Gasteiger partial charge on any atom is -0.493 e. The Labute approximate surface area is 184 Å². The number of methoxy groups -OCH3 is 3. The first kappa shape index (κ1) is 19.9. The van der Waals surface area contributed by atoms with Crippen molar-refractivity contribution in [3.63, 3.8) is 0 Å². The molecule has 9 heteroatoms. The van der Waals surface area contributed by atoms with Crippen molar-refractivity contribution in [3.8, 4) is 23.2 Å². The number of para-hydroxylation sites is 2. The number of amides is 1. The van der Waals surface area contributed by atoms with Crippen molar-refractivity contribution in [3.05, 3.63) is 53.2 Å². The highest BCUT2D eigenvalue weighted by atomic mass is 16.5. The highest BCUT2D eigenvalue weighted by molar-refractivity contribution is 5.95. The van der Waals surface area contributed by atoms with Crippen LogP contribution in [0.3, 0.4) is 0 Å². The van der Waals surface area contributed by atoms with Crippen LogP contribution in [0.4, 0.5) is 5.82 Å². The number of carbonyl (C=O) groups is 1. The van der Waals surface area contributed by atoms with Crippen molar-refractivity contribution in [2.45, 2.75) is 19.3 Å². The van der Waals surface area contributed by atoms with Gasteiger partial charge in [-0.25, -0.2) is 4.98 Å². The number of imidazole rings is 1. The first-order chi connectivity index (χ1) is 15.5. The highest BCUT2D eigenvalue weighted by Gasteiger charge is 2.34. The molecule has 1 atom stereocenters. The number of hydrogen-bond donors (Lipinski definition) is 2. The fourth-order valence-electron chi connectivity index (χ4n) is 4.33. The van der Waals surface area contributed by atoms with Gasteiger partial charge in [-0.3, -0.25) is 4.79 Å². The lowest BCUT2D eigenvalue weighted by atomic mass is 9.85. The summed E-state index contributed by atoms with van der Waals surface area (Å²) in [6.45, 7) is 1.93. The Morgan fingerprint density at radius 3 is 2.44 bits per heavy atom. The second-order valence-electron chi connectivity index (χ2n) is 7.60. The molecular formula is C23H23N5O4. The van der Waals surface area contributed by atoms with E-state index >= 15 is 0 Å². The predicted octanol–water partition coefficient (Wildman–Crippen LogP) is 3.56. The standard InChI is InChI=1S/C23H23N5O4/c1-12-20-14(13-9-17(30-2)21(32-4)18(10-13)31-3)11-19(29)26-22(20)28(27-12)23-24-15-7-5-6-8-16(15)25-23/h5-10,14H,11H2,1-4H3,(H,24,25)(H,26,29). The zero-order valence-electron chi connectivity index (χ0n) is 18.2. The van der Waals surface area contributed by atoms with Crippen LogP contribution in [-0.2, 0) is 4.79 Å². The fourth-order valence-corrected chi connectivity index (χ4v) is 4.33. The van der Waals surface area contributed by atoms with Gasteiger partial charge in [-0.05, 0) is 36.8 Å². The van der Waals surface area contributed by atoms with Gasteiger partial charge in [0.25, 0.3) is 0 Å². The Balaban J connectivity index is 1.67. The van der Waals surface area contributed by atoms with Crippen molar-refractivity contribution in [1.29, 1.82) is 0 Å². The number of carbonyl (C=O) groups excluding carboxylic acids is 1. The summed E-state index contributed by atoms with van der Waals surface area (Å²) in [5, 5.41) is 7.69. The molecule has 0 aliphatic carbocycles. The van der Waals surface area contributed by atoms with Gasteiger partial charge in [-0.15, -0.1) is 0 Å². The van der Waals surface area contributed by atoms with Gasteiger partial charge in [0, 0.05) is 17.9 Å². The van der Waals surface area contributed by atoms with E-state index in [-0.39, 0.29) is 18.2 Å². The van der Waals surface area contributed by atoms with Crippen LogP contribution in [0.2, 0.25) is 0 Å². The number of anilines is 1. The Bertz CT molecular complexity index is 1280. The van der Waals surface area contributed by atoms with Crippen LogP contribution in [-0.4, -0.2) is 47.0 Å². The number of nitrogens with zero attached hydrogens (tertiary/aromatic N) is 3. The second kappa shape index (κ2) is 7.60. The number of ether oxygens (including phenoxy) is 3. The molecule has 0 radical (unpaired) electrons. The summed E-state index contributed by atoms with van der Waals surface area (Å²) in [7, 11) is 4.71. The molecule has 3 heterocycles. The molecule has 0 fully saturated rings. The maximum absolute atomic E-state index is 12.7. The lowest BCUT2D eigenvalue weighted by molar-refractivity contribution is -0.116. The van der Waals surface area contributed by atoms with Crippen molar-refractivity contribution < 1.29 is 19.0 Å². The molecule has 5 rings (SSSR count). The summed E-state index contributed by atoms with van der Waals surface area (Å²) >= 11 is 0. The normalized spacial score (nSPS) is 15.4. The van der Waals surface area contributed by atoms with Crippen molar-refractivity contribution in [2.75, 3.05) is 26.6 Å². The average molecular weight is 433 g/mol. The van der Waals surface area contributed by atoms with E-state index in [9.17, 15) is 4.79 Å². The van der Waals surface area contributed by atoms with E-state index in [2.05, 4.69) is 15.3 Å². The third-order valence-corrected chi connectivity index (χ3v) is 5.77. The molecule has 32 heavy (non-hydrogen) atoms. The zero-order chi connectivity index (χ0) is 22.4. The molecule has 4 aromatic rings. The Kier molecular flexibility index (Phi) is 4.73.